The van der Waals surface area contributed by atoms with Crippen LogP contribution in [-0.2, 0) is 0 Å². The first-order chi connectivity index (χ1) is 15.0. The molecule has 0 aliphatic carbocycles. The number of hydrogen-bond acceptors (Lipinski definition) is 7. The lowest BCUT2D eigenvalue weighted by Crippen LogP contribution is -2.49. The second-order valence-corrected chi connectivity index (χ2v) is 9.11. The zero-order valence-corrected chi connectivity index (χ0v) is 19.4. The molecule has 3 heterocycles. The van der Waals surface area contributed by atoms with Gasteiger partial charge in [0.1, 0.15) is 17.0 Å². The van der Waals surface area contributed by atoms with Crippen LogP contribution in [0.2, 0.25) is 5.02 Å². The Bertz CT molecular complexity index is 1080. The standard InChI is InChI=1S/C22H25ClN4O3S/c1-14(2)12-30-19-17(23)10-15(11-18(19)29-3)22(28)27-7-5-26(6-8-27)20-16-4-9-31-21(16)25-13-24-20/h4,9-11,13-14H,5-8,12H2,1-3H3. The molecular weight excluding hydrogens is 436 g/mol. The fourth-order valence-electron chi connectivity index (χ4n) is 3.57. The highest BCUT2D eigenvalue weighted by atomic mass is 35.5. The third-order valence-corrected chi connectivity index (χ3v) is 6.25. The predicted molar refractivity (Wildman–Crippen MR) is 124 cm³/mol. The van der Waals surface area contributed by atoms with E-state index in [1.165, 1.54) is 0 Å². The van der Waals surface area contributed by atoms with Crippen molar-refractivity contribution in [3.05, 3.63) is 40.5 Å². The Kier molecular flexibility index (Phi) is 6.48. The highest BCUT2D eigenvalue weighted by Crippen LogP contribution is 2.37. The summed E-state index contributed by atoms with van der Waals surface area (Å²) in [4.78, 5) is 26.9. The van der Waals surface area contributed by atoms with Crippen molar-refractivity contribution >= 4 is 44.9 Å². The third-order valence-electron chi connectivity index (χ3n) is 5.14. The number of thiophene rings is 1. The molecule has 9 heteroatoms. The smallest absolute Gasteiger partial charge is 0.254 e. The number of amides is 1. The fraction of sp³-hybridized carbons (Fsp3) is 0.409. The number of nitrogens with zero attached hydrogens (tertiary/aromatic N) is 4. The minimum Gasteiger partial charge on any atom is -0.493 e. The lowest BCUT2D eigenvalue weighted by atomic mass is 10.1. The van der Waals surface area contributed by atoms with Gasteiger partial charge < -0.3 is 19.3 Å². The van der Waals surface area contributed by atoms with E-state index in [-0.39, 0.29) is 5.91 Å². The van der Waals surface area contributed by atoms with Crippen molar-refractivity contribution in [2.45, 2.75) is 13.8 Å². The Labute approximate surface area is 190 Å². The van der Waals surface area contributed by atoms with E-state index in [9.17, 15) is 4.79 Å². The van der Waals surface area contributed by atoms with Gasteiger partial charge >= 0.3 is 0 Å². The van der Waals surface area contributed by atoms with E-state index in [4.69, 9.17) is 21.1 Å². The van der Waals surface area contributed by atoms with Crippen molar-refractivity contribution in [2.24, 2.45) is 5.92 Å². The number of hydrogen-bond donors (Lipinski definition) is 0. The molecule has 0 bridgehead atoms. The summed E-state index contributed by atoms with van der Waals surface area (Å²) >= 11 is 8.03. The topological polar surface area (TPSA) is 67.8 Å². The molecule has 2 aromatic heterocycles. The molecule has 1 aliphatic rings. The molecule has 1 aliphatic heterocycles. The number of benzene rings is 1. The molecule has 4 rings (SSSR count). The summed E-state index contributed by atoms with van der Waals surface area (Å²) < 4.78 is 11.2. The van der Waals surface area contributed by atoms with Gasteiger partial charge in [0.2, 0.25) is 0 Å². The molecule has 0 unspecified atom stereocenters. The van der Waals surface area contributed by atoms with Gasteiger partial charge in [0.15, 0.2) is 11.5 Å². The number of anilines is 1. The number of carbonyl (C=O) groups excluding carboxylic acids is 1. The molecule has 31 heavy (non-hydrogen) atoms. The van der Waals surface area contributed by atoms with Crippen LogP contribution in [-0.4, -0.2) is 60.7 Å². The number of aromatic nitrogens is 2. The lowest BCUT2D eigenvalue weighted by Gasteiger charge is -2.35. The molecule has 1 amide bonds. The van der Waals surface area contributed by atoms with Crippen molar-refractivity contribution < 1.29 is 14.3 Å². The van der Waals surface area contributed by atoms with Crippen molar-refractivity contribution in [1.29, 1.82) is 0 Å². The molecule has 0 N–H and O–H groups in total. The van der Waals surface area contributed by atoms with Gasteiger partial charge in [-0.25, -0.2) is 9.97 Å². The van der Waals surface area contributed by atoms with Crippen molar-refractivity contribution in [3.8, 4) is 11.5 Å². The number of rotatable bonds is 6. The maximum Gasteiger partial charge on any atom is 0.254 e. The summed E-state index contributed by atoms with van der Waals surface area (Å²) in [6.45, 7) is 7.24. The van der Waals surface area contributed by atoms with E-state index in [0.29, 0.717) is 60.8 Å². The van der Waals surface area contributed by atoms with E-state index in [1.54, 1.807) is 36.9 Å². The Hall–Kier alpha value is -2.58. The number of carbonyl (C=O) groups is 1. The van der Waals surface area contributed by atoms with E-state index < -0.39 is 0 Å². The van der Waals surface area contributed by atoms with Crippen LogP contribution in [0.5, 0.6) is 11.5 Å². The second-order valence-electron chi connectivity index (χ2n) is 7.81. The van der Waals surface area contributed by atoms with Gasteiger partial charge in [-0.2, -0.15) is 0 Å². The van der Waals surface area contributed by atoms with Crippen LogP contribution in [0.3, 0.4) is 0 Å². The SMILES string of the molecule is COc1cc(C(=O)N2CCN(c3ncnc4sccc34)CC2)cc(Cl)c1OCC(C)C. The fourth-order valence-corrected chi connectivity index (χ4v) is 4.56. The Balaban J connectivity index is 1.47. The maximum atomic E-state index is 13.1. The number of piperazine rings is 1. The molecule has 3 aromatic rings. The van der Waals surface area contributed by atoms with Gasteiger partial charge in [-0.1, -0.05) is 25.4 Å². The van der Waals surface area contributed by atoms with E-state index in [1.807, 2.05) is 16.3 Å². The van der Waals surface area contributed by atoms with Crippen LogP contribution in [0.4, 0.5) is 5.82 Å². The normalized spacial score (nSPS) is 14.4. The number of ether oxygens (including phenoxy) is 2. The first-order valence-electron chi connectivity index (χ1n) is 10.2. The highest BCUT2D eigenvalue weighted by Gasteiger charge is 2.26. The number of methoxy groups -OCH3 is 1. The molecule has 1 fully saturated rings. The second kappa shape index (κ2) is 9.28. The quantitative estimate of drug-likeness (QED) is 0.544. The molecule has 164 valence electrons. The lowest BCUT2D eigenvalue weighted by molar-refractivity contribution is 0.0746. The maximum absolute atomic E-state index is 13.1. The van der Waals surface area contributed by atoms with Crippen LogP contribution in [0.15, 0.2) is 29.9 Å². The van der Waals surface area contributed by atoms with E-state index >= 15 is 0 Å². The van der Waals surface area contributed by atoms with Gasteiger partial charge in [-0.15, -0.1) is 11.3 Å². The summed E-state index contributed by atoms with van der Waals surface area (Å²) in [6, 6.07) is 5.41. The zero-order valence-electron chi connectivity index (χ0n) is 17.8. The van der Waals surface area contributed by atoms with Gasteiger partial charge in [0.25, 0.3) is 5.91 Å². The van der Waals surface area contributed by atoms with Crippen LogP contribution in [0, 0.1) is 5.92 Å². The van der Waals surface area contributed by atoms with Crippen molar-refractivity contribution in [2.75, 3.05) is 44.8 Å². The van der Waals surface area contributed by atoms with Crippen molar-refractivity contribution in [3.63, 3.8) is 0 Å². The summed E-state index contributed by atoms with van der Waals surface area (Å²) in [5.74, 6) is 2.15. The molecular formula is C22H25ClN4O3S. The predicted octanol–water partition coefficient (Wildman–Crippen LogP) is 4.35. The minimum atomic E-state index is -0.0707. The Morgan fingerprint density at radius 1 is 1.23 bits per heavy atom. The molecule has 0 radical (unpaired) electrons. The summed E-state index contributed by atoms with van der Waals surface area (Å²) in [5.41, 5.74) is 0.495. The molecule has 7 nitrogen and oxygen atoms in total. The summed E-state index contributed by atoms with van der Waals surface area (Å²) in [5, 5.41) is 3.46. The molecule has 1 saturated heterocycles. The van der Waals surface area contributed by atoms with Crippen molar-refractivity contribution in [1.82, 2.24) is 14.9 Å². The van der Waals surface area contributed by atoms with Gasteiger partial charge in [-0.3, -0.25) is 4.79 Å². The van der Waals surface area contributed by atoms with Gasteiger partial charge in [0.05, 0.1) is 24.1 Å². The summed E-state index contributed by atoms with van der Waals surface area (Å²) in [7, 11) is 1.55. The monoisotopic (exact) mass is 460 g/mol. The van der Waals surface area contributed by atoms with E-state index in [0.717, 1.165) is 16.0 Å². The number of halogens is 1. The molecule has 0 saturated carbocycles. The minimum absolute atomic E-state index is 0.0707. The summed E-state index contributed by atoms with van der Waals surface area (Å²) in [6.07, 6.45) is 1.60. The number of fused-ring (bicyclic) bond motifs is 1. The highest BCUT2D eigenvalue weighted by molar-refractivity contribution is 7.16. The molecule has 0 spiro atoms. The van der Waals surface area contributed by atoms with Gasteiger partial charge in [-0.05, 0) is 29.5 Å². The third kappa shape index (κ3) is 4.55. The van der Waals surface area contributed by atoms with Crippen LogP contribution in [0.25, 0.3) is 10.2 Å². The van der Waals surface area contributed by atoms with Gasteiger partial charge in [0, 0.05) is 31.7 Å². The molecule has 1 aromatic carbocycles. The average molecular weight is 461 g/mol. The van der Waals surface area contributed by atoms with E-state index in [2.05, 4.69) is 28.7 Å². The largest absolute Gasteiger partial charge is 0.493 e. The average Bonchev–Trinajstić information content (AvgIpc) is 3.26. The molecule has 0 atom stereocenters. The first kappa shape index (κ1) is 21.6. The van der Waals surface area contributed by atoms with Crippen LogP contribution in [0.1, 0.15) is 24.2 Å². The van der Waals surface area contributed by atoms with Crippen LogP contribution >= 0.6 is 22.9 Å². The Morgan fingerprint density at radius 2 is 2.00 bits per heavy atom. The Morgan fingerprint density at radius 3 is 2.71 bits per heavy atom. The zero-order chi connectivity index (χ0) is 22.0. The first-order valence-corrected chi connectivity index (χ1v) is 11.5. The van der Waals surface area contributed by atoms with Crippen LogP contribution < -0.4 is 14.4 Å².